The number of ether oxygens (including phenoxy) is 1. The van der Waals surface area contributed by atoms with Crippen molar-refractivity contribution in [2.45, 2.75) is 25.8 Å². The highest BCUT2D eigenvalue weighted by Crippen LogP contribution is 2.36. The van der Waals surface area contributed by atoms with Crippen LogP contribution >= 0.6 is 0 Å². The van der Waals surface area contributed by atoms with E-state index in [-0.39, 0.29) is 5.57 Å². The number of carbonyl (C=O) groups is 1. The lowest BCUT2D eigenvalue weighted by atomic mass is 9.81. The summed E-state index contributed by atoms with van der Waals surface area (Å²) in [5.74, 6) is -1.45. The van der Waals surface area contributed by atoms with Gasteiger partial charge in [0, 0.05) is 28.6 Å². The standard InChI is InChI=1S/C13H14N4O4/c1-7-10(13(18)21-3)11(9-4-14-6-15-5-9)12(17(19)20)8(2)16-7/h4-6,11-12H,1-3H3. The summed E-state index contributed by atoms with van der Waals surface area (Å²) in [7, 11) is 1.23. The van der Waals surface area contributed by atoms with Gasteiger partial charge in [0.15, 0.2) is 0 Å². The maximum Gasteiger partial charge on any atom is 0.336 e. The molecule has 8 heteroatoms. The molecule has 2 unspecified atom stereocenters. The second-order valence-corrected chi connectivity index (χ2v) is 4.62. The van der Waals surface area contributed by atoms with Crippen LogP contribution in [0.2, 0.25) is 0 Å². The van der Waals surface area contributed by atoms with Crippen molar-refractivity contribution in [2.24, 2.45) is 4.99 Å². The predicted octanol–water partition coefficient (Wildman–Crippen LogP) is 1.13. The molecular formula is C13H14N4O4. The lowest BCUT2D eigenvalue weighted by Crippen LogP contribution is -2.40. The predicted molar refractivity (Wildman–Crippen MR) is 73.4 cm³/mol. The highest BCUT2D eigenvalue weighted by Gasteiger charge is 2.44. The number of esters is 1. The van der Waals surface area contributed by atoms with Gasteiger partial charge >= 0.3 is 5.97 Å². The molecular weight excluding hydrogens is 276 g/mol. The second-order valence-electron chi connectivity index (χ2n) is 4.62. The summed E-state index contributed by atoms with van der Waals surface area (Å²) in [6, 6.07) is -1.14. The van der Waals surface area contributed by atoms with E-state index in [4.69, 9.17) is 4.74 Å². The summed E-state index contributed by atoms with van der Waals surface area (Å²) in [5.41, 5.74) is 1.39. The van der Waals surface area contributed by atoms with Crippen LogP contribution in [0, 0.1) is 10.1 Å². The number of allylic oxidation sites excluding steroid dienone is 1. The Hall–Kier alpha value is -2.64. The lowest BCUT2D eigenvalue weighted by molar-refractivity contribution is -0.505. The number of nitro groups is 1. The van der Waals surface area contributed by atoms with E-state index >= 15 is 0 Å². The zero-order chi connectivity index (χ0) is 15.6. The molecule has 0 N–H and O–H groups in total. The van der Waals surface area contributed by atoms with E-state index in [9.17, 15) is 14.9 Å². The van der Waals surface area contributed by atoms with Gasteiger partial charge in [0.2, 0.25) is 0 Å². The van der Waals surface area contributed by atoms with Crippen molar-refractivity contribution in [2.75, 3.05) is 7.11 Å². The van der Waals surface area contributed by atoms with E-state index in [1.54, 1.807) is 13.8 Å². The molecule has 0 aliphatic carbocycles. The van der Waals surface area contributed by atoms with Crippen LogP contribution in [0.4, 0.5) is 0 Å². The average Bonchev–Trinajstić information content (AvgIpc) is 2.46. The van der Waals surface area contributed by atoms with Crippen LogP contribution < -0.4 is 0 Å². The van der Waals surface area contributed by atoms with Crippen LogP contribution in [-0.2, 0) is 9.53 Å². The quantitative estimate of drug-likeness (QED) is 0.469. The number of rotatable bonds is 3. The topological polar surface area (TPSA) is 108 Å². The van der Waals surface area contributed by atoms with Gasteiger partial charge in [-0.2, -0.15) is 0 Å². The van der Waals surface area contributed by atoms with E-state index in [0.29, 0.717) is 17.0 Å². The van der Waals surface area contributed by atoms with Gasteiger partial charge in [-0.25, -0.2) is 14.8 Å². The van der Waals surface area contributed by atoms with E-state index in [0.717, 1.165) is 0 Å². The summed E-state index contributed by atoms with van der Waals surface area (Å²) >= 11 is 0. The first kappa shape index (κ1) is 14.8. The molecule has 0 spiro atoms. The third kappa shape index (κ3) is 2.64. The largest absolute Gasteiger partial charge is 0.466 e. The van der Waals surface area contributed by atoms with Crippen LogP contribution in [0.5, 0.6) is 0 Å². The fourth-order valence-corrected chi connectivity index (χ4v) is 2.49. The minimum atomic E-state index is -1.14. The minimum absolute atomic E-state index is 0.166. The Balaban J connectivity index is 2.65. The molecule has 0 fully saturated rings. The smallest absolute Gasteiger partial charge is 0.336 e. The maximum atomic E-state index is 12.0. The lowest BCUT2D eigenvalue weighted by Gasteiger charge is -2.26. The fourth-order valence-electron chi connectivity index (χ4n) is 2.49. The summed E-state index contributed by atoms with van der Waals surface area (Å²) in [4.78, 5) is 34.9. The van der Waals surface area contributed by atoms with E-state index in [1.165, 1.54) is 25.8 Å². The Labute approximate surface area is 120 Å². The van der Waals surface area contributed by atoms with Crippen molar-refractivity contribution >= 4 is 11.7 Å². The van der Waals surface area contributed by atoms with E-state index in [2.05, 4.69) is 15.0 Å². The molecule has 0 saturated heterocycles. The normalized spacial score (nSPS) is 21.8. The maximum absolute atomic E-state index is 12.0. The molecule has 0 amide bonds. The molecule has 0 aromatic carbocycles. The van der Waals surface area contributed by atoms with Crippen LogP contribution in [-0.4, -0.2) is 39.7 Å². The van der Waals surface area contributed by atoms with Crippen LogP contribution in [0.15, 0.2) is 35.0 Å². The van der Waals surface area contributed by atoms with Gasteiger partial charge in [-0.05, 0) is 13.8 Å². The van der Waals surface area contributed by atoms with Gasteiger partial charge in [-0.3, -0.25) is 15.1 Å². The monoisotopic (exact) mass is 290 g/mol. The molecule has 1 aromatic rings. The van der Waals surface area contributed by atoms with Crippen LogP contribution in [0.3, 0.4) is 0 Å². The van der Waals surface area contributed by atoms with Crippen molar-refractivity contribution in [1.82, 2.24) is 9.97 Å². The molecule has 2 atom stereocenters. The van der Waals surface area contributed by atoms with Gasteiger partial charge in [-0.1, -0.05) is 0 Å². The summed E-state index contributed by atoms with van der Waals surface area (Å²) < 4.78 is 4.75. The zero-order valence-corrected chi connectivity index (χ0v) is 11.8. The van der Waals surface area contributed by atoms with Gasteiger partial charge in [0.05, 0.1) is 24.3 Å². The van der Waals surface area contributed by atoms with E-state index < -0.39 is 22.9 Å². The van der Waals surface area contributed by atoms with Gasteiger partial charge < -0.3 is 4.74 Å². The number of carbonyl (C=O) groups excluding carboxylic acids is 1. The Morgan fingerprint density at radius 3 is 2.48 bits per heavy atom. The van der Waals surface area contributed by atoms with Crippen molar-refractivity contribution in [3.05, 3.63) is 45.7 Å². The molecule has 110 valence electrons. The van der Waals surface area contributed by atoms with Crippen LogP contribution in [0.25, 0.3) is 0 Å². The van der Waals surface area contributed by atoms with Crippen molar-refractivity contribution < 1.29 is 14.5 Å². The Bertz CT molecular complexity index is 639. The highest BCUT2D eigenvalue weighted by atomic mass is 16.6. The summed E-state index contributed by atoms with van der Waals surface area (Å²) in [5, 5.41) is 11.4. The number of hydrogen-bond donors (Lipinski definition) is 0. The molecule has 2 rings (SSSR count). The minimum Gasteiger partial charge on any atom is -0.466 e. The number of nitrogens with zero attached hydrogens (tertiary/aromatic N) is 4. The molecule has 0 radical (unpaired) electrons. The van der Waals surface area contributed by atoms with Crippen molar-refractivity contribution in [3.63, 3.8) is 0 Å². The van der Waals surface area contributed by atoms with Crippen molar-refractivity contribution in [1.29, 1.82) is 0 Å². The fraction of sp³-hybridized carbons (Fsp3) is 0.385. The van der Waals surface area contributed by atoms with Gasteiger partial charge in [0.1, 0.15) is 6.33 Å². The second kappa shape index (κ2) is 5.78. The molecule has 1 aliphatic rings. The molecule has 8 nitrogen and oxygen atoms in total. The van der Waals surface area contributed by atoms with E-state index in [1.807, 2.05) is 0 Å². The molecule has 1 aromatic heterocycles. The first-order valence-corrected chi connectivity index (χ1v) is 6.20. The average molecular weight is 290 g/mol. The number of methoxy groups -OCH3 is 1. The molecule has 21 heavy (non-hydrogen) atoms. The summed E-state index contributed by atoms with van der Waals surface area (Å²) in [6.45, 7) is 3.20. The number of aliphatic imine (C=N–C) groups is 1. The highest BCUT2D eigenvalue weighted by molar-refractivity contribution is 5.98. The third-order valence-electron chi connectivity index (χ3n) is 3.36. The number of aromatic nitrogens is 2. The molecule has 0 bridgehead atoms. The van der Waals surface area contributed by atoms with Gasteiger partial charge in [-0.15, -0.1) is 0 Å². The molecule has 0 saturated carbocycles. The Morgan fingerprint density at radius 1 is 1.33 bits per heavy atom. The SMILES string of the molecule is COC(=O)C1=C(C)N=C(C)C([N+](=O)[O-])C1c1cncnc1. The molecule has 2 heterocycles. The third-order valence-corrected chi connectivity index (χ3v) is 3.36. The first-order chi connectivity index (χ1) is 9.97. The summed E-state index contributed by atoms with van der Waals surface area (Å²) in [6.07, 6.45) is 4.24. The van der Waals surface area contributed by atoms with Crippen LogP contribution in [0.1, 0.15) is 25.3 Å². The Kier molecular flexibility index (Phi) is 4.06. The number of hydrogen-bond acceptors (Lipinski definition) is 7. The first-order valence-electron chi connectivity index (χ1n) is 6.20. The van der Waals surface area contributed by atoms with Gasteiger partial charge in [0.25, 0.3) is 6.04 Å². The van der Waals surface area contributed by atoms with Crippen molar-refractivity contribution in [3.8, 4) is 0 Å². The Morgan fingerprint density at radius 2 is 1.95 bits per heavy atom. The molecule has 1 aliphatic heterocycles. The zero-order valence-electron chi connectivity index (χ0n) is 11.8.